The quantitative estimate of drug-likeness (QED) is 0.334. The minimum absolute atomic E-state index is 0. The molecule has 0 atom stereocenters. The third-order valence-electron chi connectivity index (χ3n) is 3.47. The number of hydrogen-bond acceptors (Lipinski definition) is 4. The van der Waals surface area contributed by atoms with E-state index in [9.17, 15) is 19.8 Å². The predicted molar refractivity (Wildman–Crippen MR) is 97.5 cm³/mol. The molecule has 0 saturated heterocycles. The van der Waals surface area contributed by atoms with Gasteiger partial charge in [0.15, 0.2) is 0 Å². The Bertz CT molecular complexity index is 261. The summed E-state index contributed by atoms with van der Waals surface area (Å²) >= 11 is 0. The van der Waals surface area contributed by atoms with Gasteiger partial charge in [0.25, 0.3) is 0 Å². The van der Waals surface area contributed by atoms with Crippen LogP contribution in [0.25, 0.3) is 0 Å². The SMILES string of the molecule is CCCCCCCC(=O)[O-].CCCCCCCCCC(=O)[O-].[Ca+2].[Ca+2]. The first-order valence-corrected chi connectivity index (χ1v) is 8.94. The summed E-state index contributed by atoms with van der Waals surface area (Å²) in [5.74, 6) is -1.83. The molecule has 0 fully saturated rings. The molecule has 132 valence electrons. The fraction of sp³-hybridized carbons (Fsp3) is 0.889. The fourth-order valence-corrected chi connectivity index (χ4v) is 2.10. The van der Waals surface area contributed by atoms with Gasteiger partial charge in [-0.1, -0.05) is 78.1 Å². The van der Waals surface area contributed by atoms with Crippen molar-refractivity contribution in [2.75, 3.05) is 0 Å². The molecular formula is C18H34Ca2O4+2. The Labute approximate surface area is 208 Å². The summed E-state index contributed by atoms with van der Waals surface area (Å²) < 4.78 is 0. The Balaban J connectivity index is -0.000000156. The standard InChI is InChI=1S/C10H20O2.C8H16O2.2Ca/c1-2-3-4-5-6-7-8-9-10(11)12;1-2-3-4-5-6-7-8(9)10;;/h2-9H2,1H3,(H,11,12);2-7H2,1H3,(H,9,10);;/q;;2*+2/p-2. The molecule has 0 spiro atoms. The van der Waals surface area contributed by atoms with E-state index in [1.165, 1.54) is 44.9 Å². The topological polar surface area (TPSA) is 80.3 Å². The molecule has 4 nitrogen and oxygen atoms in total. The molecule has 24 heavy (non-hydrogen) atoms. The summed E-state index contributed by atoms with van der Waals surface area (Å²) in [5.41, 5.74) is 0. The molecule has 0 aromatic carbocycles. The van der Waals surface area contributed by atoms with Crippen molar-refractivity contribution < 1.29 is 19.8 Å². The van der Waals surface area contributed by atoms with Crippen LogP contribution in [0.1, 0.15) is 104 Å². The van der Waals surface area contributed by atoms with Crippen LogP contribution in [0.2, 0.25) is 0 Å². The first kappa shape index (κ1) is 33.1. The minimum atomic E-state index is -0.920. The average molecular weight is 395 g/mol. The number of rotatable bonds is 14. The molecule has 0 aliphatic heterocycles. The smallest absolute Gasteiger partial charge is 0.550 e. The van der Waals surface area contributed by atoms with Gasteiger partial charge in [0, 0.05) is 11.9 Å². The van der Waals surface area contributed by atoms with Crippen molar-refractivity contribution in [1.29, 1.82) is 0 Å². The largest absolute Gasteiger partial charge is 2.00 e. The third kappa shape index (κ3) is 38.8. The van der Waals surface area contributed by atoms with Gasteiger partial charge in [-0.3, -0.25) is 0 Å². The van der Waals surface area contributed by atoms with Crippen molar-refractivity contribution in [3.63, 3.8) is 0 Å². The first-order chi connectivity index (χ1) is 10.5. The molecule has 0 N–H and O–H groups in total. The van der Waals surface area contributed by atoms with Crippen LogP contribution >= 0.6 is 0 Å². The Morgan fingerprint density at radius 1 is 0.542 bits per heavy atom. The molecule has 0 bridgehead atoms. The number of aliphatic carboxylic acids is 2. The summed E-state index contributed by atoms with van der Waals surface area (Å²) in [4.78, 5) is 19.9. The molecule has 0 aliphatic carbocycles. The van der Waals surface area contributed by atoms with E-state index >= 15 is 0 Å². The Hall–Kier alpha value is 1.46. The molecule has 0 rings (SSSR count). The van der Waals surface area contributed by atoms with E-state index in [0.29, 0.717) is 0 Å². The van der Waals surface area contributed by atoms with Gasteiger partial charge in [-0.2, -0.15) is 0 Å². The molecule has 0 saturated carbocycles. The molecule has 0 aromatic heterocycles. The zero-order chi connectivity index (χ0) is 17.1. The number of hydrogen-bond donors (Lipinski definition) is 0. The molecule has 0 heterocycles. The van der Waals surface area contributed by atoms with Gasteiger partial charge in [-0.05, 0) is 25.7 Å². The molecule has 0 radical (unpaired) electrons. The second-order valence-corrected chi connectivity index (χ2v) is 5.78. The monoisotopic (exact) mass is 394 g/mol. The summed E-state index contributed by atoms with van der Waals surface area (Å²) in [6.45, 7) is 4.33. The van der Waals surface area contributed by atoms with Crippen LogP contribution < -0.4 is 10.2 Å². The van der Waals surface area contributed by atoms with Gasteiger partial charge in [0.2, 0.25) is 0 Å². The fourth-order valence-electron chi connectivity index (χ4n) is 2.10. The van der Waals surface area contributed by atoms with E-state index in [4.69, 9.17) is 0 Å². The van der Waals surface area contributed by atoms with E-state index < -0.39 is 11.9 Å². The summed E-state index contributed by atoms with van der Waals surface area (Å²) in [6, 6.07) is 0. The maximum atomic E-state index is 10.0. The Morgan fingerprint density at radius 3 is 1.04 bits per heavy atom. The zero-order valence-corrected chi connectivity index (χ0v) is 20.4. The van der Waals surface area contributed by atoms with Crippen molar-refractivity contribution in [3.05, 3.63) is 0 Å². The van der Waals surface area contributed by atoms with E-state index in [2.05, 4.69) is 13.8 Å². The van der Waals surface area contributed by atoms with Gasteiger partial charge in [0.05, 0.1) is 0 Å². The molecule has 0 aliphatic rings. The summed E-state index contributed by atoms with van der Waals surface area (Å²) in [5, 5.41) is 19.9. The average Bonchev–Trinajstić information content (AvgIpc) is 2.46. The number of carboxylic acid groups (broad SMARTS) is 2. The maximum absolute atomic E-state index is 10.0. The van der Waals surface area contributed by atoms with E-state index in [1.807, 2.05) is 0 Å². The third-order valence-corrected chi connectivity index (χ3v) is 3.47. The van der Waals surface area contributed by atoms with Crippen molar-refractivity contribution in [2.24, 2.45) is 0 Å². The van der Waals surface area contributed by atoms with Crippen molar-refractivity contribution >= 4 is 87.4 Å². The van der Waals surface area contributed by atoms with E-state index in [-0.39, 0.29) is 88.3 Å². The molecular weight excluding hydrogens is 360 g/mol. The van der Waals surface area contributed by atoms with Gasteiger partial charge in [-0.25, -0.2) is 0 Å². The van der Waals surface area contributed by atoms with Crippen LogP contribution in [0.15, 0.2) is 0 Å². The van der Waals surface area contributed by atoms with E-state index in [0.717, 1.165) is 32.1 Å². The molecule has 0 amide bonds. The Morgan fingerprint density at radius 2 is 0.792 bits per heavy atom. The second-order valence-electron chi connectivity index (χ2n) is 5.78. The Kier molecular flexibility index (Phi) is 40.3. The van der Waals surface area contributed by atoms with Crippen LogP contribution in [-0.4, -0.2) is 87.4 Å². The molecule has 6 heteroatoms. The maximum Gasteiger partial charge on any atom is 2.00 e. The van der Waals surface area contributed by atoms with Gasteiger partial charge >= 0.3 is 75.5 Å². The van der Waals surface area contributed by atoms with Gasteiger partial charge in [0.1, 0.15) is 0 Å². The summed E-state index contributed by atoms with van der Waals surface area (Å²) in [7, 11) is 0. The van der Waals surface area contributed by atoms with Crippen molar-refractivity contribution in [1.82, 2.24) is 0 Å². The predicted octanol–water partition coefficient (Wildman–Crippen LogP) is 2.21. The van der Waals surface area contributed by atoms with Crippen molar-refractivity contribution in [3.8, 4) is 0 Å². The number of unbranched alkanes of at least 4 members (excludes halogenated alkanes) is 10. The van der Waals surface area contributed by atoms with Gasteiger partial charge in [-0.15, -0.1) is 0 Å². The summed E-state index contributed by atoms with van der Waals surface area (Å²) in [6.07, 6.45) is 13.9. The number of carboxylic acids is 2. The number of carbonyl (C=O) groups is 2. The normalized spacial score (nSPS) is 9.08. The zero-order valence-electron chi connectivity index (χ0n) is 15.9. The minimum Gasteiger partial charge on any atom is -0.550 e. The van der Waals surface area contributed by atoms with Gasteiger partial charge < -0.3 is 19.8 Å². The second kappa shape index (κ2) is 29.2. The van der Waals surface area contributed by atoms with E-state index in [1.54, 1.807) is 0 Å². The van der Waals surface area contributed by atoms with Crippen LogP contribution in [0, 0.1) is 0 Å². The van der Waals surface area contributed by atoms with Crippen LogP contribution in [0.5, 0.6) is 0 Å². The molecule has 0 aromatic rings. The molecule has 0 unspecified atom stereocenters. The van der Waals surface area contributed by atoms with Crippen LogP contribution in [-0.2, 0) is 9.59 Å². The first-order valence-electron chi connectivity index (χ1n) is 8.94. The van der Waals surface area contributed by atoms with Crippen LogP contribution in [0.4, 0.5) is 0 Å². The van der Waals surface area contributed by atoms with Crippen LogP contribution in [0.3, 0.4) is 0 Å². The van der Waals surface area contributed by atoms with Crippen molar-refractivity contribution in [2.45, 2.75) is 104 Å². The number of carbonyl (C=O) groups excluding carboxylic acids is 2.